The van der Waals surface area contributed by atoms with Gasteiger partial charge in [-0.15, -0.1) is 0 Å². The van der Waals surface area contributed by atoms with Crippen molar-refractivity contribution < 1.29 is 19.1 Å². The first kappa shape index (κ1) is 16.5. The van der Waals surface area contributed by atoms with Gasteiger partial charge in [-0.05, 0) is 25.0 Å². The fraction of sp³-hybridized carbons (Fsp3) is 0.529. The van der Waals surface area contributed by atoms with Crippen molar-refractivity contribution in [1.29, 1.82) is 0 Å². The zero-order chi connectivity index (χ0) is 16.0. The Bertz CT molecular complexity index is 517. The third kappa shape index (κ3) is 3.14. The predicted octanol–water partition coefficient (Wildman–Crippen LogP) is 2.61. The van der Waals surface area contributed by atoms with E-state index in [2.05, 4.69) is 0 Å². The van der Waals surface area contributed by atoms with Crippen molar-refractivity contribution in [3.8, 4) is 0 Å². The molecule has 0 aromatic heterocycles. The van der Waals surface area contributed by atoms with E-state index < -0.39 is 11.7 Å². The fourth-order valence-corrected chi connectivity index (χ4v) is 2.72. The van der Waals surface area contributed by atoms with Crippen molar-refractivity contribution in [1.82, 2.24) is 4.90 Å². The molecule has 1 fully saturated rings. The van der Waals surface area contributed by atoms with Gasteiger partial charge >= 0.3 is 5.97 Å². The molecular formula is C17H23NO4. The molecule has 1 saturated heterocycles. The summed E-state index contributed by atoms with van der Waals surface area (Å²) in [5.41, 5.74) is -0.743. The number of hydrogen-bond acceptors (Lipinski definition) is 4. The minimum Gasteiger partial charge on any atom is -0.462 e. The summed E-state index contributed by atoms with van der Waals surface area (Å²) in [5.74, 6) is -0.669. The minimum absolute atomic E-state index is 0.201. The third-order valence-electron chi connectivity index (χ3n) is 3.99. The van der Waals surface area contributed by atoms with E-state index in [1.165, 1.54) is 12.0 Å². The lowest BCUT2D eigenvalue weighted by Crippen LogP contribution is -2.55. The van der Waals surface area contributed by atoms with Crippen molar-refractivity contribution in [2.75, 3.05) is 20.3 Å². The number of amides is 1. The van der Waals surface area contributed by atoms with Crippen LogP contribution in [0, 0.1) is 0 Å². The molecular weight excluding hydrogens is 282 g/mol. The lowest BCUT2D eigenvalue weighted by Gasteiger charge is -2.34. The van der Waals surface area contributed by atoms with Gasteiger partial charge in [0.1, 0.15) is 0 Å². The summed E-state index contributed by atoms with van der Waals surface area (Å²) < 4.78 is 10.8. The molecule has 1 heterocycles. The van der Waals surface area contributed by atoms with Gasteiger partial charge in [-0.25, -0.2) is 4.79 Å². The van der Waals surface area contributed by atoms with Crippen molar-refractivity contribution in [3.05, 3.63) is 35.9 Å². The molecule has 0 spiro atoms. The Balaban J connectivity index is 2.18. The first-order valence-electron chi connectivity index (χ1n) is 7.75. The number of hydrogen-bond donors (Lipinski definition) is 0. The average molecular weight is 305 g/mol. The number of nitrogens with zero attached hydrogens (tertiary/aromatic N) is 1. The highest BCUT2D eigenvalue weighted by atomic mass is 16.6. The normalized spacial score (nSPS) is 20.9. The van der Waals surface area contributed by atoms with E-state index in [-0.39, 0.29) is 5.91 Å². The molecule has 0 bridgehead atoms. The Morgan fingerprint density at radius 1 is 1.27 bits per heavy atom. The lowest BCUT2D eigenvalue weighted by molar-refractivity contribution is -0.184. The van der Waals surface area contributed by atoms with Crippen molar-refractivity contribution in [3.63, 3.8) is 0 Å². The van der Waals surface area contributed by atoms with Crippen molar-refractivity contribution in [2.24, 2.45) is 0 Å². The summed E-state index contributed by atoms with van der Waals surface area (Å²) in [5, 5.41) is 0. The number of ether oxygens (including phenoxy) is 2. The van der Waals surface area contributed by atoms with Gasteiger partial charge in [-0.2, -0.15) is 0 Å². The topological polar surface area (TPSA) is 55.8 Å². The maximum absolute atomic E-state index is 12.7. The Labute approximate surface area is 131 Å². The number of carbonyl (C=O) groups excluding carboxylic acids is 2. The molecule has 0 radical (unpaired) electrons. The smallest absolute Gasteiger partial charge is 0.360 e. The Kier molecular flexibility index (Phi) is 5.55. The molecule has 22 heavy (non-hydrogen) atoms. The van der Waals surface area contributed by atoms with Crippen LogP contribution in [-0.2, 0) is 14.3 Å². The second-order valence-electron chi connectivity index (χ2n) is 5.40. The molecule has 5 heteroatoms. The Morgan fingerprint density at radius 3 is 2.64 bits per heavy atom. The molecule has 1 aromatic carbocycles. The van der Waals surface area contributed by atoms with Crippen LogP contribution < -0.4 is 0 Å². The van der Waals surface area contributed by atoms with Gasteiger partial charge in [-0.3, -0.25) is 4.79 Å². The number of likely N-dealkylation sites (tertiary alicyclic amines) is 1. The SMILES string of the molecule is CCCCOC(=O)[C@]1(OC)CCCN1C(=O)c1ccccc1. The molecule has 1 aliphatic heterocycles. The van der Waals surface area contributed by atoms with Gasteiger partial charge in [0.25, 0.3) is 5.91 Å². The highest BCUT2D eigenvalue weighted by Crippen LogP contribution is 2.33. The van der Waals surface area contributed by atoms with Crippen LogP contribution in [-0.4, -0.2) is 42.8 Å². The number of benzene rings is 1. The molecule has 1 amide bonds. The summed E-state index contributed by atoms with van der Waals surface area (Å²) >= 11 is 0. The second-order valence-corrected chi connectivity index (χ2v) is 5.40. The predicted molar refractivity (Wildman–Crippen MR) is 82.3 cm³/mol. The zero-order valence-corrected chi connectivity index (χ0v) is 13.2. The van der Waals surface area contributed by atoms with Gasteiger partial charge in [0, 0.05) is 25.6 Å². The van der Waals surface area contributed by atoms with Gasteiger partial charge < -0.3 is 14.4 Å². The molecule has 0 aliphatic carbocycles. The lowest BCUT2D eigenvalue weighted by atomic mass is 10.1. The molecule has 2 rings (SSSR count). The van der Waals surface area contributed by atoms with Crippen molar-refractivity contribution in [2.45, 2.75) is 38.3 Å². The van der Waals surface area contributed by atoms with Crippen LogP contribution in [0.5, 0.6) is 0 Å². The van der Waals surface area contributed by atoms with E-state index in [1.54, 1.807) is 24.3 Å². The third-order valence-corrected chi connectivity index (χ3v) is 3.99. The summed E-state index contributed by atoms with van der Waals surface area (Å²) in [6.07, 6.45) is 2.93. The molecule has 1 atom stereocenters. The number of methoxy groups -OCH3 is 1. The molecule has 120 valence electrons. The number of carbonyl (C=O) groups is 2. The van der Waals surface area contributed by atoms with Gasteiger partial charge in [0.2, 0.25) is 5.72 Å². The highest BCUT2D eigenvalue weighted by molar-refractivity contribution is 5.98. The van der Waals surface area contributed by atoms with Gasteiger partial charge in [0.15, 0.2) is 0 Å². The van der Waals surface area contributed by atoms with E-state index in [0.29, 0.717) is 25.1 Å². The van der Waals surface area contributed by atoms with Crippen LogP contribution in [0.4, 0.5) is 0 Å². The van der Waals surface area contributed by atoms with Crippen LogP contribution in [0.3, 0.4) is 0 Å². The number of unbranched alkanes of at least 4 members (excludes halogenated alkanes) is 1. The summed E-state index contributed by atoms with van der Waals surface area (Å²) in [7, 11) is 1.46. The minimum atomic E-state index is -1.29. The standard InChI is InChI=1S/C17H23NO4/c1-3-4-13-22-16(20)17(21-2)11-8-12-18(17)15(19)14-9-6-5-7-10-14/h5-7,9-10H,3-4,8,11-13H2,1-2H3/t17-/m1/s1. The number of esters is 1. The Hall–Kier alpha value is -1.88. The van der Waals surface area contributed by atoms with Crippen LogP contribution in [0.2, 0.25) is 0 Å². The van der Waals surface area contributed by atoms with Crippen molar-refractivity contribution >= 4 is 11.9 Å². The van der Waals surface area contributed by atoms with E-state index in [4.69, 9.17) is 9.47 Å². The van der Waals surface area contributed by atoms with Gasteiger partial charge in [0.05, 0.1) is 6.61 Å². The molecule has 0 N–H and O–H groups in total. The van der Waals surface area contributed by atoms with Crippen LogP contribution in [0.1, 0.15) is 43.0 Å². The first-order valence-corrected chi connectivity index (χ1v) is 7.75. The monoisotopic (exact) mass is 305 g/mol. The van der Waals surface area contributed by atoms with Crippen LogP contribution in [0.25, 0.3) is 0 Å². The largest absolute Gasteiger partial charge is 0.462 e. The van der Waals surface area contributed by atoms with Crippen LogP contribution >= 0.6 is 0 Å². The summed E-state index contributed by atoms with van der Waals surface area (Å²) in [6, 6.07) is 8.94. The first-order chi connectivity index (χ1) is 10.7. The number of rotatable bonds is 6. The average Bonchev–Trinajstić information content (AvgIpc) is 3.00. The van der Waals surface area contributed by atoms with E-state index in [9.17, 15) is 9.59 Å². The summed E-state index contributed by atoms with van der Waals surface area (Å²) in [4.78, 5) is 26.7. The molecule has 1 aliphatic rings. The maximum Gasteiger partial charge on any atom is 0.360 e. The zero-order valence-electron chi connectivity index (χ0n) is 13.2. The summed E-state index contributed by atoms with van der Waals surface area (Å²) in [6.45, 7) is 2.87. The maximum atomic E-state index is 12.7. The molecule has 5 nitrogen and oxygen atoms in total. The highest BCUT2D eigenvalue weighted by Gasteiger charge is 2.51. The molecule has 1 aromatic rings. The van der Waals surface area contributed by atoms with E-state index in [1.807, 2.05) is 13.0 Å². The molecule has 0 unspecified atom stereocenters. The molecule has 0 saturated carbocycles. The van der Waals surface area contributed by atoms with E-state index in [0.717, 1.165) is 19.3 Å². The van der Waals surface area contributed by atoms with E-state index >= 15 is 0 Å². The quantitative estimate of drug-likeness (QED) is 0.599. The fourth-order valence-electron chi connectivity index (χ4n) is 2.72. The van der Waals surface area contributed by atoms with Gasteiger partial charge in [-0.1, -0.05) is 31.5 Å². The van der Waals surface area contributed by atoms with Crippen LogP contribution in [0.15, 0.2) is 30.3 Å². The second kappa shape index (κ2) is 7.40. The Morgan fingerprint density at radius 2 is 2.00 bits per heavy atom.